The number of aliphatic imine (C=N–C) groups is 1. The van der Waals surface area contributed by atoms with Crippen molar-refractivity contribution in [3.05, 3.63) is 76.2 Å². The lowest BCUT2D eigenvalue weighted by Crippen LogP contribution is -2.05. The second-order valence-electron chi connectivity index (χ2n) is 5.07. The number of cyclic esters (lactones) is 1. The van der Waals surface area contributed by atoms with Crippen molar-refractivity contribution < 1.29 is 13.9 Å². The monoisotopic (exact) mass is 329 g/mol. The first-order valence-electron chi connectivity index (χ1n) is 7.12. The molecule has 3 nitrogen and oxygen atoms in total. The van der Waals surface area contributed by atoms with Crippen LogP contribution in [0.1, 0.15) is 17.5 Å². The van der Waals surface area contributed by atoms with Gasteiger partial charge in [0.2, 0.25) is 0 Å². The van der Waals surface area contributed by atoms with Crippen LogP contribution < -0.4 is 0 Å². The van der Waals surface area contributed by atoms with Gasteiger partial charge in [-0.05, 0) is 36.3 Å². The first-order valence-corrected chi connectivity index (χ1v) is 7.50. The fourth-order valence-corrected chi connectivity index (χ4v) is 2.33. The second kappa shape index (κ2) is 6.75. The Labute approximate surface area is 138 Å². The Morgan fingerprint density at radius 1 is 1.09 bits per heavy atom. The summed E-state index contributed by atoms with van der Waals surface area (Å²) in [5.74, 6) is -0.621. The van der Waals surface area contributed by atoms with Crippen molar-refractivity contribution in [2.24, 2.45) is 4.99 Å². The molecule has 0 fully saturated rings. The van der Waals surface area contributed by atoms with E-state index >= 15 is 0 Å². The number of hydrogen-bond donors (Lipinski definition) is 0. The van der Waals surface area contributed by atoms with E-state index in [-0.39, 0.29) is 5.70 Å². The normalized spacial score (nSPS) is 15.7. The van der Waals surface area contributed by atoms with Crippen molar-refractivity contribution in [3.8, 4) is 0 Å². The first kappa shape index (κ1) is 15.4. The molecule has 0 saturated heterocycles. The van der Waals surface area contributed by atoms with Crippen molar-refractivity contribution in [1.29, 1.82) is 0 Å². The number of esters is 1. The Morgan fingerprint density at radius 3 is 2.57 bits per heavy atom. The van der Waals surface area contributed by atoms with Gasteiger partial charge in [0, 0.05) is 17.0 Å². The molecule has 0 aromatic heterocycles. The molecule has 0 aliphatic carbocycles. The average Bonchev–Trinajstić information content (AvgIpc) is 2.89. The van der Waals surface area contributed by atoms with Crippen LogP contribution in [0.5, 0.6) is 0 Å². The molecule has 0 bridgehead atoms. The molecule has 0 saturated carbocycles. The lowest BCUT2D eigenvalue weighted by molar-refractivity contribution is -0.130. The maximum absolute atomic E-state index is 13.6. The highest BCUT2D eigenvalue weighted by Gasteiger charge is 2.22. The molecule has 1 aliphatic rings. The van der Waals surface area contributed by atoms with Crippen molar-refractivity contribution in [2.75, 3.05) is 0 Å². The number of ether oxygens (including phenoxy) is 1. The summed E-state index contributed by atoms with van der Waals surface area (Å²) in [6, 6.07) is 13.6. The molecule has 0 amide bonds. The van der Waals surface area contributed by atoms with Crippen LogP contribution in [0.25, 0.3) is 6.08 Å². The molecule has 0 N–H and O–H groups in total. The Kier molecular flexibility index (Phi) is 4.53. The highest BCUT2D eigenvalue weighted by molar-refractivity contribution is 6.30. The van der Waals surface area contributed by atoms with Gasteiger partial charge in [0.15, 0.2) is 11.6 Å². The third kappa shape index (κ3) is 3.85. The molecule has 3 rings (SSSR count). The quantitative estimate of drug-likeness (QED) is 0.615. The van der Waals surface area contributed by atoms with Crippen molar-refractivity contribution in [1.82, 2.24) is 0 Å². The van der Waals surface area contributed by atoms with E-state index < -0.39 is 11.8 Å². The number of benzene rings is 2. The van der Waals surface area contributed by atoms with E-state index in [9.17, 15) is 9.18 Å². The van der Waals surface area contributed by atoms with Crippen LogP contribution in [0.15, 0.2) is 59.2 Å². The zero-order chi connectivity index (χ0) is 16.2. The molecule has 1 heterocycles. The summed E-state index contributed by atoms with van der Waals surface area (Å²) in [5.41, 5.74) is 1.49. The van der Waals surface area contributed by atoms with E-state index in [1.54, 1.807) is 18.2 Å². The third-order valence-electron chi connectivity index (χ3n) is 3.40. The van der Waals surface area contributed by atoms with Gasteiger partial charge in [-0.15, -0.1) is 0 Å². The van der Waals surface area contributed by atoms with Crippen LogP contribution >= 0.6 is 11.6 Å². The first-order chi connectivity index (χ1) is 11.1. The van der Waals surface area contributed by atoms with Gasteiger partial charge in [0.1, 0.15) is 5.82 Å². The molecular formula is C18H13ClFNO2. The van der Waals surface area contributed by atoms with Gasteiger partial charge in [-0.1, -0.05) is 41.9 Å². The highest BCUT2D eigenvalue weighted by atomic mass is 35.5. The van der Waals surface area contributed by atoms with Gasteiger partial charge >= 0.3 is 5.97 Å². The van der Waals surface area contributed by atoms with E-state index in [0.29, 0.717) is 29.3 Å². The smallest absolute Gasteiger partial charge is 0.363 e. The number of aryl methyl sites for hydroxylation is 1. The topological polar surface area (TPSA) is 38.7 Å². The van der Waals surface area contributed by atoms with Crippen LogP contribution in [0.3, 0.4) is 0 Å². The Hall–Kier alpha value is -2.46. The number of carbonyl (C=O) groups excluding carboxylic acids is 1. The minimum Gasteiger partial charge on any atom is -0.407 e. The molecule has 23 heavy (non-hydrogen) atoms. The van der Waals surface area contributed by atoms with E-state index in [2.05, 4.69) is 4.99 Å². The van der Waals surface area contributed by atoms with Crippen LogP contribution in [-0.2, 0) is 16.0 Å². The minimum absolute atomic E-state index is 0.112. The zero-order valence-electron chi connectivity index (χ0n) is 12.1. The standard InChI is InChI=1S/C18H13ClFNO2/c19-14-8-5-12(6-9-14)7-10-17-21-16(18(22)23-17)11-13-3-1-2-4-15(13)20/h1-6,8-9,11H,7,10H2/b16-11-. The summed E-state index contributed by atoms with van der Waals surface area (Å²) >= 11 is 5.84. The Morgan fingerprint density at radius 2 is 1.83 bits per heavy atom. The van der Waals surface area contributed by atoms with Gasteiger partial charge in [-0.2, -0.15) is 0 Å². The fourth-order valence-electron chi connectivity index (χ4n) is 2.20. The molecule has 5 heteroatoms. The van der Waals surface area contributed by atoms with Gasteiger partial charge in [-0.3, -0.25) is 0 Å². The van der Waals surface area contributed by atoms with Gasteiger partial charge in [0.25, 0.3) is 0 Å². The molecule has 2 aromatic rings. The fraction of sp³-hybridized carbons (Fsp3) is 0.111. The summed E-state index contributed by atoms with van der Waals surface area (Å²) in [6.45, 7) is 0. The number of halogens is 2. The summed E-state index contributed by atoms with van der Waals surface area (Å²) in [4.78, 5) is 16.0. The largest absolute Gasteiger partial charge is 0.407 e. The summed E-state index contributed by atoms with van der Waals surface area (Å²) in [5, 5.41) is 0.675. The van der Waals surface area contributed by atoms with E-state index in [0.717, 1.165) is 5.56 Å². The van der Waals surface area contributed by atoms with Crippen molar-refractivity contribution in [3.63, 3.8) is 0 Å². The van der Waals surface area contributed by atoms with Crippen molar-refractivity contribution >= 4 is 29.5 Å². The van der Waals surface area contributed by atoms with Gasteiger partial charge in [-0.25, -0.2) is 14.2 Å². The molecule has 0 spiro atoms. The van der Waals surface area contributed by atoms with Crippen LogP contribution in [-0.4, -0.2) is 11.9 Å². The molecular weight excluding hydrogens is 317 g/mol. The maximum atomic E-state index is 13.6. The third-order valence-corrected chi connectivity index (χ3v) is 3.66. The SMILES string of the molecule is O=C1OC(CCc2ccc(Cl)cc2)=N/C1=C\c1ccccc1F. The Bertz CT molecular complexity index is 797. The highest BCUT2D eigenvalue weighted by Crippen LogP contribution is 2.19. The van der Waals surface area contributed by atoms with Crippen LogP contribution in [0, 0.1) is 5.82 Å². The predicted molar refractivity (Wildman–Crippen MR) is 87.7 cm³/mol. The van der Waals surface area contributed by atoms with E-state index in [1.807, 2.05) is 24.3 Å². The van der Waals surface area contributed by atoms with E-state index in [1.165, 1.54) is 12.1 Å². The lowest BCUT2D eigenvalue weighted by atomic mass is 10.1. The number of hydrogen-bond acceptors (Lipinski definition) is 3. The lowest BCUT2D eigenvalue weighted by Gasteiger charge is -2.00. The minimum atomic E-state index is -0.556. The summed E-state index contributed by atoms with van der Waals surface area (Å²) < 4.78 is 18.7. The van der Waals surface area contributed by atoms with Crippen LogP contribution in [0.2, 0.25) is 5.02 Å². The molecule has 1 aliphatic heterocycles. The van der Waals surface area contributed by atoms with Gasteiger partial charge in [0.05, 0.1) is 0 Å². The molecule has 0 unspecified atom stereocenters. The second-order valence-corrected chi connectivity index (χ2v) is 5.51. The maximum Gasteiger partial charge on any atom is 0.363 e. The average molecular weight is 330 g/mol. The van der Waals surface area contributed by atoms with E-state index in [4.69, 9.17) is 16.3 Å². The van der Waals surface area contributed by atoms with Crippen LogP contribution in [0.4, 0.5) is 4.39 Å². The Balaban J connectivity index is 1.71. The number of carbonyl (C=O) groups is 1. The summed E-state index contributed by atoms with van der Waals surface area (Å²) in [6.07, 6.45) is 2.56. The molecule has 0 radical (unpaired) electrons. The van der Waals surface area contributed by atoms with Crippen molar-refractivity contribution in [2.45, 2.75) is 12.8 Å². The summed E-state index contributed by atoms with van der Waals surface area (Å²) in [7, 11) is 0. The van der Waals surface area contributed by atoms with Gasteiger partial charge < -0.3 is 4.74 Å². The number of nitrogens with zero attached hydrogens (tertiary/aromatic N) is 1. The zero-order valence-corrected chi connectivity index (χ0v) is 12.9. The molecule has 2 aromatic carbocycles. The molecule has 0 atom stereocenters. The predicted octanol–water partition coefficient (Wildman–Crippen LogP) is 4.41. The number of rotatable bonds is 4. The molecule has 116 valence electrons.